The minimum Gasteiger partial charge on any atom is -0.334 e. The summed E-state index contributed by atoms with van der Waals surface area (Å²) in [5, 5.41) is 0.545. The molecule has 3 rings (SSSR count). The maximum Gasteiger partial charge on any atom is 0.258 e. The molecular formula is C18H17N3O2. The molecule has 0 aliphatic heterocycles. The van der Waals surface area contributed by atoms with Crippen LogP contribution in [-0.2, 0) is 6.54 Å². The van der Waals surface area contributed by atoms with Gasteiger partial charge in [-0.1, -0.05) is 29.8 Å². The Hall–Kier alpha value is -2.95. The van der Waals surface area contributed by atoms with Crippen molar-refractivity contribution < 1.29 is 4.79 Å². The molecule has 5 nitrogen and oxygen atoms in total. The molecule has 1 N–H and O–H groups in total. The van der Waals surface area contributed by atoms with Crippen LogP contribution in [0.3, 0.4) is 0 Å². The van der Waals surface area contributed by atoms with Gasteiger partial charge in [-0.25, -0.2) is 4.98 Å². The molecule has 0 fully saturated rings. The van der Waals surface area contributed by atoms with Gasteiger partial charge in [0.15, 0.2) is 0 Å². The third-order valence-electron chi connectivity index (χ3n) is 3.69. The van der Waals surface area contributed by atoms with Crippen LogP contribution in [0, 0.1) is 6.92 Å². The van der Waals surface area contributed by atoms with Crippen LogP contribution in [0.2, 0.25) is 0 Å². The van der Waals surface area contributed by atoms with Gasteiger partial charge in [0.25, 0.3) is 11.5 Å². The summed E-state index contributed by atoms with van der Waals surface area (Å²) in [6, 6.07) is 14.5. The molecule has 0 unspecified atom stereocenters. The van der Waals surface area contributed by atoms with E-state index in [9.17, 15) is 9.59 Å². The number of carbonyl (C=O) groups excluding carboxylic acids is 1. The first-order chi connectivity index (χ1) is 11.0. The van der Waals surface area contributed by atoms with E-state index in [2.05, 4.69) is 9.97 Å². The normalized spacial score (nSPS) is 10.7. The molecule has 1 heterocycles. The Morgan fingerprint density at radius 3 is 2.57 bits per heavy atom. The second-order valence-corrected chi connectivity index (χ2v) is 5.56. The number of aromatic nitrogens is 2. The highest BCUT2D eigenvalue weighted by atomic mass is 16.2. The molecule has 1 aromatic heterocycles. The summed E-state index contributed by atoms with van der Waals surface area (Å²) in [5.41, 5.74) is 2.15. The van der Waals surface area contributed by atoms with Gasteiger partial charge in [0, 0.05) is 12.6 Å². The quantitative estimate of drug-likeness (QED) is 0.808. The number of para-hydroxylation sites is 1. The predicted octanol–water partition coefficient (Wildman–Crippen LogP) is 2.50. The fourth-order valence-electron chi connectivity index (χ4n) is 2.42. The lowest BCUT2D eigenvalue weighted by molar-refractivity contribution is 0.0781. The van der Waals surface area contributed by atoms with Gasteiger partial charge >= 0.3 is 0 Å². The Morgan fingerprint density at radius 2 is 1.83 bits per heavy atom. The van der Waals surface area contributed by atoms with Gasteiger partial charge in [-0.15, -0.1) is 0 Å². The number of aromatic amines is 1. The highest BCUT2D eigenvalue weighted by Gasteiger charge is 2.13. The van der Waals surface area contributed by atoms with Gasteiger partial charge in [-0.3, -0.25) is 9.59 Å². The molecule has 23 heavy (non-hydrogen) atoms. The minimum atomic E-state index is -0.193. The highest BCUT2D eigenvalue weighted by molar-refractivity contribution is 5.94. The minimum absolute atomic E-state index is 0.110. The first kappa shape index (κ1) is 15.0. The molecule has 0 radical (unpaired) electrons. The number of hydrogen-bond donors (Lipinski definition) is 1. The number of rotatable bonds is 3. The van der Waals surface area contributed by atoms with Gasteiger partial charge in [-0.2, -0.15) is 0 Å². The van der Waals surface area contributed by atoms with Crippen molar-refractivity contribution in [3.05, 3.63) is 75.8 Å². The van der Waals surface area contributed by atoms with Crippen molar-refractivity contribution in [3.63, 3.8) is 0 Å². The molecule has 0 atom stereocenters. The number of amides is 1. The molecule has 0 saturated heterocycles. The highest BCUT2D eigenvalue weighted by Crippen LogP contribution is 2.10. The van der Waals surface area contributed by atoms with E-state index < -0.39 is 0 Å². The van der Waals surface area contributed by atoms with Gasteiger partial charge < -0.3 is 9.88 Å². The van der Waals surface area contributed by atoms with E-state index in [4.69, 9.17) is 0 Å². The second kappa shape index (κ2) is 6.04. The number of H-pyrrole nitrogens is 1. The molecule has 0 bridgehead atoms. The van der Waals surface area contributed by atoms with Crippen molar-refractivity contribution in [2.24, 2.45) is 0 Å². The number of carbonyl (C=O) groups is 1. The standard InChI is InChI=1S/C18H17N3O2/c1-12-7-9-13(10-8-12)18(23)21(2)11-16-19-15-6-4-3-5-14(15)17(22)20-16/h3-10H,11H2,1-2H3,(H,19,20,22). The van der Waals surface area contributed by atoms with Crippen LogP contribution >= 0.6 is 0 Å². The molecule has 1 amide bonds. The molecule has 3 aromatic rings. The van der Waals surface area contributed by atoms with Crippen LogP contribution in [0.4, 0.5) is 0 Å². The lowest BCUT2D eigenvalue weighted by Crippen LogP contribution is -2.28. The molecule has 0 aliphatic rings. The lowest BCUT2D eigenvalue weighted by atomic mass is 10.1. The third kappa shape index (κ3) is 3.13. The van der Waals surface area contributed by atoms with Crippen LogP contribution in [0.5, 0.6) is 0 Å². The largest absolute Gasteiger partial charge is 0.334 e. The molecule has 5 heteroatoms. The average molecular weight is 307 g/mol. The summed E-state index contributed by atoms with van der Waals surface area (Å²) in [7, 11) is 1.69. The van der Waals surface area contributed by atoms with E-state index in [0.717, 1.165) is 5.56 Å². The van der Waals surface area contributed by atoms with Crippen LogP contribution in [0.25, 0.3) is 10.9 Å². The number of nitrogens with one attached hydrogen (secondary N) is 1. The number of aryl methyl sites for hydroxylation is 1. The molecule has 0 saturated carbocycles. The van der Waals surface area contributed by atoms with Crippen molar-refractivity contribution in [1.29, 1.82) is 0 Å². The van der Waals surface area contributed by atoms with E-state index in [-0.39, 0.29) is 18.0 Å². The van der Waals surface area contributed by atoms with E-state index >= 15 is 0 Å². The zero-order valence-electron chi connectivity index (χ0n) is 13.0. The van der Waals surface area contributed by atoms with Crippen molar-refractivity contribution in [2.75, 3.05) is 7.05 Å². The number of hydrogen-bond acceptors (Lipinski definition) is 3. The van der Waals surface area contributed by atoms with E-state index in [0.29, 0.717) is 22.3 Å². The zero-order chi connectivity index (χ0) is 16.4. The maximum absolute atomic E-state index is 12.4. The Kier molecular flexibility index (Phi) is 3.93. The van der Waals surface area contributed by atoms with Crippen molar-refractivity contribution in [2.45, 2.75) is 13.5 Å². The van der Waals surface area contributed by atoms with Crippen molar-refractivity contribution >= 4 is 16.8 Å². The lowest BCUT2D eigenvalue weighted by Gasteiger charge is -2.17. The first-order valence-electron chi connectivity index (χ1n) is 7.34. The Bertz CT molecular complexity index is 913. The SMILES string of the molecule is Cc1ccc(C(=O)N(C)Cc2nc3ccccc3c(=O)[nH]2)cc1. The summed E-state index contributed by atoms with van der Waals surface area (Å²) in [5.74, 6) is 0.359. The molecule has 2 aromatic carbocycles. The second-order valence-electron chi connectivity index (χ2n) is 5.56. The molecule has 0 spiro atoms. The topological polar surface area (TPSA) is 66.1 Å². The van der Waals surface area contributed by atoms with Crippen LogP contribution < -0.4 is 5.56 Å². The Balaban J connectivity index is 1.85. The summed E-state index contributed by atoms with van der Waals surface area (Å²) in [6.45, 7) is 2.22. The van der Waals surface area contributed by atoms with Gasteiger partial charge in [0.2, 0.25) is 0 Å². The fourth-order valence-corrected chi connectivity index (χ4v) is 2.42. The smallest absolute Gasteiger partial charge is 0.258 e. The summed E-state index contributed by atoms with van der Waals surface area (Å²) < 4.78 is 0. The summed E-state index contributed by atoms with van der Waals surface area (Å²) >= 11 is 0. The number of nitrogens with zero attached hydrogens (tertiary/aromatic N) is 2. The van der Waals surface area contributed by atoms with Gasteiger partial charge in [-0.05, 0) is 31.2 Å². The van der Waals surface area contributed by atoms with Crippen LogP contribution in [0.1, 0.15) is 21.7 Å². The molecular weight excluding hydrogens is 290 g/mol. The van der Waals surface area contributed by atoms with Crippen molar-refractivity contribution in [3.8, 4) is 0 Å². The van der Waals surface area contributed by atoms with Gasteiger partial charge in [0.1, 0.15) is 5.82 Å². The Morgan fingerprint density at radius 1 is 1.13 bits per heavy atom. The van der Waals surface area contributed by atoms with E-state index in [1.54, 1.807) is 37.4 Å². The van der Waals surface area contributed by atoms with Gasteiger partial charge in [0.05, 0.1) is 17.4 Å². The molecule has 0 aliphatic carbocycles. The van der Waals surface area contributed by atoms with Crippen LogP contribution in [-0.4, -0.2) is 27.8 Å². The first-order valence-corrected chi connectivity index (χ1v) is 7.34. The monoisotopic (exact) mass is 307 g/mol. The third-order valence-corrected chi connectivity index (χ3v) is 3.69. The van der Waals surface area contributed by atoms with E-state index in [1.165, 1.54) is 4.90 Å². The van der Waals surface area contributed by atoms with E-state index in [1.807, 2.05) is 25.1 Å². The summed E-state index contributed by atoms with van der Waals surface area (Å²) in [6.07, 6.45) is 0. The summed E-state index contributed by atoms with van der Waals surface area (Å²) in [4.78, 5) is 33.2. The predicted molar refractivity (Wildman–Crippen MR) is 89.3 cm³/mol. The number of fused-ring (bicyclic) bond motifs is 1. The van der Waals surface area contributed by atoms with Crippen LogP contribution in [0.15, 0.2) is 53.3 Å². The zero-order valence-corrected chi connectivity index (χ0v) is 13.0. The maximum atomic E-state index is 12.4. The molecule has 116 valence electrons. The Labute approximate surface area is 133 Å². The average Bonchev–Trinajstić information content (AvgIpc) is 2.55. The number of benzene rings is 2. The fraction of sp³-hybridized carbons (Fsp3) is 0.167. The van der Waals surface area contributed by atoms with Crippen molar-refractivity contribution in [1.82, 2.24) is 14.9 Å².